The second-order valence-electron chi connectivity index (χ2n) is 4.73. The maximum Gasteiger partial charge on any atom is 0.225 e. The fraction of sp³-hybridized carbons (Fsp3) is 0.462. The van der Waals surface area contributed by atoms with E-state index < -0.39 is 5.54 Å². The van der Waals surface area contributed by atoms with Gasteiger partial charge < -0.3 is 15.4 Å². The second-order valence-corrected chi connectivity index (χ2v) is 4.73. The van der Waals surface area contributed by atoms with Crippen molar-refractivity contribution in [1.82, 2.24) is 9.97 Å². The first kappa shape index (κ1) is 12.3. The number of morpholine rings is 1. The number of allylic oxidation sites excluding steroid dienone is 1. The Labute approximate surface area is 112 Å². The van der Waals surface area contributed by atoms with Crippen LogP contribution in [0.25, 0.3) is 0 Å². The van der Waals surface area contributed by atoms with E-state index in [4.69, 9.17) is 10.5 Å². The van der Waals surface area contributed by atoms with Crippen LogP contribution in [0.15, 0.2) is 29.4 Å². The van der Waals surface area contributed by atoms with Gasteiger partial charge in [-0.05, 0) is 12.1 Å². The van der Waals surface area contributed by atoms with Crippen LogP contribution < -0.4 is 10.6 Å². The number of ether oxygens (including phenoxy) is 1. The molecule has 19 heavy (non-hydrogen) atoms. The number of rotatable bonds is 2. The minimum absolute atomic E-state index is 0.517. The van der Waals surface area contributed by atoms with Crippen LogP contribution in [0.4, 0.5) is 5.95 Å². The summed E-state index contributed by atoms with van der Waals surface area (Å²) in [6.07, 6.45) is 7.31. The van der Waals surface area contributed by atoms with E-state index in [1.165, 1.54) is 0 Å². The summed E-state index contributed by atoms with van der Waals surface area (Å²) < 4.78 is 5.34. The minimum Gasteiger partial charge on any atom is -0.378 e. The van der Waals surface area contributed by atoms with Crippen LogP contribution >= 0.6 is 0 Å². The molecule has 3 rings (SSSR count). The molecule has 1 fully saturated rings. The van der Waals surface area contributed by atoms with E-state index in [1.54, 1.807) is 12.4 Å². The van der Waals surface area contributed by atoms with Gasteiger partial charge in [-0.2, -0.15) is 0 Å². The molecule has 1 atom stereocenters. The van der Waals surface area contributed by atoms with Crippen molar-refractivity contribution in [2.75, 3.05) is 37.7 Å². The number of nitrogens with zero attached hydrogens (tertiary/aromatic N) is 4. The van der Waals surface area contributed by atoms with Gasteiger partial charge in [0.05, 0.1) is 31.0 Å². The zero-order chi connectivity index (χ0) is 13.1. The average Bonchev–Trinajstić information content (AvgIpc) is 2.49. The third-order valence-corrected chi connectivity index (χ3v) is 3.35. The second kappa shape index (κ2) is 5.07. The lowest BCUT2D eigenvalue weighted by Crippen LogP contribution is -2.41. The normalized spacial score (nSPS) is 26.7. The first-order valence-corrected chi connectivity index (χ1v) is 6.41. The van der Waals surface area contributed by atoms with Gasteiger partial charge in [-0.3, -0.25) is 4.99 Å². The molecule has 0 radical (unpaired) electrons. The summed E-state index contributed by atoms with van der Waals surface area (Å²) in [5.74, 6) is 0.716. The topological polar surface area (TPSA) is 76.6 Å². The molecule has 1 saturated heterocycles. The third kappa shape index (κ3) is 2.50. The van der Waals surface area contributed by atoms with Gasteiger partial charge >= 0.3 is 0 Å². The van der Waals surface area contributed by atoms with Crippen molar-refractivity contribution in [2.24, 2.45) is 10.7 Å². The van der Waals surface area contributed by atoms with Crippen LogP contribution in [0.2, 0.25) is 0 Å². The van der Waals surface area contributed by atoms with Crippen molar-refractivity contribution < 1.29 is 4.74 Å². The monoisotopic (exact) mass is 259 g/mol. The highest BCUT2D eigenvalue weighted by Gasteiger charge is 2.28. The molecule has 0 saturated carbocycles. The lowest BCUT2D eigenvalue weighted by molar-refractivity contribution is 0.122. The Kier molecular flexibility index (Phi) is 3.27. The van der Waals surface area contributed by atoms with Crippen molar-refractivity contribution in [2.45, 2.75) is 5.54 Å². The fourth-order valence-electron chi connectivity index (χ4n) is 2.22. The van der Waals surface area contributed by atoms with Gasteiger partial charge in [0.2, 0.25) is 5.95 Å². The number of aliphatic imine (C=N–C) groups is 1. The number of nitrogens with two attached hydrogens (primary N) is 1. The number of aromatic nitrogens is 2. The summed E-state index contributed by atoms with van der Waals surface area (Å²) in [6, 6.07) is 1.86. The van der Waals surface area contributed by atoms with Crippen molar-refractivity contribution >= 4 is 12.2 Å². The smallest absolute Gasteiger partial charge is 0.225 e. The molecule has 0 bridgehead atoms. The van der Waals surface area contributed by atoms with E-state index >= 15 is 0 Å². The van der Waals surface area contributed by atoms with Crippen molar-refractivity contribution in [3.05, 3.63) is 30.1 Å². The summed E-state index contributed by atoms with van der Waals surface area (Å²) in [5.41, 5.74) is 6.52. The molecule has 6 nitrogen and oxygen atoms in total. The molecule has 2 N–H and O–H groups in total. The lowest BCUT2D eigenvalue weighted by Gasteiger charge is -2.29. The van der Waals surface area contributed by atoms with Crippen LogP contribution in [-0.4, -0.2) is 49.0 Å². The van der Waals surface area contributed by atoms with E-state index in [0.29, 0.717) is 25.7 Å². The van der Waals surface area contributed by atoms with Gasteiger partial charge in [-0.1, -0.05) is 6.08 Å². The van der Waals surface area contributed by atoms with E-state index in [2.05, 4.69) is 19.9 Å². The van der Waals surface area contributed by atoms with Crippen LogP contribution in [0.3, 0.4) is 0 Å². The Morgan fingerprint density at radius 3 is 2.89 bits per heavy atom. The third-order valence-electron chi connectivity index (χ3n) is 3.35. The summed E-state index contributed by atoms with van der Waals surface area (Å²) in [5, 5.41) is 0. The lowest BCUT2D eigenvalue weighted by atomic mass is 9.94. The maximum absolute atomic E-state index is 6.34. The predicted octanol–water partition coefficient (Wildman–Crippen LogP) is 0.108. The van der Waals surface area contributed by atoms with Gasteiger partial charge in [0.15, 0.2) is 0 Å². The Balaban J connectivity index is 1.87. The molecule has 2 aliphatic rings. The SMILES string of the molecule is NC1(c2ccnc(N3CCOCC3)n2)C=CC=NC1. The Morgan fingerprint density at radius 1 is 1.32 bits per heavy atom. The van der Waals surface area contributed by atoms with Crippen LogP contribution in [0.1, 0.15) is 5.69 Å². The summed E-state index contributed by atoms with van der Waals surface area (Å²) in [4.78, 5) is 15.3. The Hall–Kier alpha value is -1.79. The molecule has 100 valence electrons. The number of hydrogen-bond acceptors (Lipinski definition) is 6. The molecule has 6 heteroatoms. The summed E-state index contributed by atoms with van der Waals surface area (Å²) >= 11 is 0. The summed E-state index contributed by atoms with van der Waals surface area (Å²) in [7, 11) is 0. The molecule has 2 aliphatic heterocycles. The molecular formula is C13H17N5O. The first-order valence-electron chi connectivity index (χ1n) is 6.41. The molecule has 3 heterocycles. The van der Waals surface area contributed by atoms with E-state index in [0.717, 1.165) is 18.8 Å². The fourth-order valence-corrected chi connectivity index (χ4v) is 2.22. The van der Waals surface area contributed by atoms with E-state index in [-0.39, 0.29) is 0 Å². The molecule has 1 unspecified atom stereocenters. The van der Waals surface area contributed by atoms with Gasteiger partial charge in [0.25, 0.3) is 0 Å². The molecule has 1 aromatic heterocycles. The molecule has 1 aromatic rings. The predicted molar refractivity (Wildman–Crippen MR) is 73.4 cm³/mol. The highest BCUT2D eigenvalue weighted by Crippen LogP contribution is 2.22. The maximum atomic E-state index is 6.34. The quantitative estimate of drug-likeness (QED) is 0.815. The first-order chi connectivity index (χ1) is 9.28. The standard InChI is InChI=1S/C13H17N5O/c14-13(3-1-4-15-10-13)11-2-5-16-12(17-11)18-6-8-19-9-7-18/h1-5H,6-10,14H2. The van der Waals surface area contributed by atoms with Gasteiger partial charge in [-0.25, -0.2) is 9.97 Å². The van der Waals surface area contributed by atoms with Crippen molar-refractivity contribution in [3.63, 3.8) is 0 Å². The van der Waals surface area contributed by atoms with Gasteiger partial charge in [0, 0.05) is 25.5 Å². The number of dihydropyridines is 1. The van der Waals surface area contributed by atoms with Crippen molar-refractivity contribution in [1.29, 1.82) is 0 Å². The molecule has 0 aromatic carbocycles. The van der Waals surface area contributed by atoms with Crippen LogP contribution in [-0.2, 0) is 10.3 Å². The highest BCUT2D eigenvalue weighted by molar-refractivity contribution is 5.73. The molecule has 0 amide bonds. The Morgan fingerprint density at radius 2 is 2.16 bits per heavy atom. The van der Waals surface area contributed by atoms with Gasteiger partial charge in [0.1, 0.15) is 0 Å². The van der Waals surface area contributed by atoms with Crippen molar-refractivity contribution in [3.8, 4) is 0 Å². The number of hydrogen-bond donors (Lipinski definition) is 1. The zero-order valence-electron chi connectivity index (χ0n) is 10.7. The van der Waals surface area contributed by atoms with Crippen LogP contribution in [0.5, 0.6) is 0 Å². The van der Waals surface area contributed by atoms with Gasteiger partial charge in [-0.15, -0.1) is 0 Å². The number of anilines is 1. The average molecular weight is 259 g/mol. The molecule has 0 spiro atoms. The molecular weight excluding hydrogens is 242 g/mol. The molecule has 0 aliphatic carbocycles. The highest BCUT2D eigenvalue weighted by atomic mass is 16.5. The Bertz CT molecular complexity index is 510. The van der Waals surface area contributed by atoms with E-state index in [9.17, 15) is 0 Å². The van der Waals surface area contributed by atoms with E-state index in [1.807, 2.05) is 18.2 Å². The van der Waals surface area contributed by atoms with Crippen LogP contribution in [0, 0.1) is 0 Å². The minimum atomic E-state index is -0.626. The zero-order valence-corrected chi connectivity index (χ0v) is 10.7. The summed E-state index contributed by atoms with van der Waals surface area (Å²) in [6.45, 7) is 3.57. The largest absolute Gasteiger partial charge is 0.378 e.